The summed E-state index contributed by atoms with van der Waals surface area (Å²) in [6.45, 7) is 0.544. The predicted octanol–water partition coefficient (Wildman–Crippen LogP) is 1.94. The van der Waals surface area contributed by atoms with Crippen LogP contribution in [-0.2, 0) is 10.0 Å². The molecule has 2 aromatic carbocycles. The van der Waals surface area contributed by atoms with Crippen molar-refractivity contribution in [1.82, 2.24) is 4.31 Å². The molecule has 1 aliphatic rings. The summed E-state index contributed by atoms with van der Waals surface area (Å²) in [6.07, 6.45) is 0. The van der Waals surface area contributed by atoms with Crippen LogP contribution in [0.3, 0.4) is 0 Å². The van der Waals surface area contributed by atoms with E-state index in [1.165, 1.54) is 22.5 Å². The van der Waals surface area contributed by atoms with Gasteiger partial charge in [-0.1, -0.05) is 36.4 Å². The van der Waals surface area contributed by atoms with Gasteiger partial charge in [0.25, 0.3) is 0 Å². The zero-order valence-electron chi connectivity index (χ0n) is 11.9. The Morgan fingerprint density at radius 1 is 1.05 bits per heavy atom. The molecule has 1 heterocycles. The molecule has 3 rings (SSSR count). The summed E-state index contributed by atoms with van der Waals surface area (Å²) in [5.74, 6) is -0.617. The predicted molar refractivity (Wildman–Crippen MR) is 82.3 cm³/mol. The molecule has 0 aliphatic carbocycles. The van der Waals surface area contributed by atoms with Crippen molar-refractivity contribution < 1.29 is 12.8 Å². The van der Waals surface area contributed by atoms with E-state index in [0.717, 1.165) is 11.6 Å². The molecule has 0 radical (unpaired) electrons. The van der Waals surface area contributed by atoms with E-state index in [4.69, 9.17) is 5.73 Å². The van der Waals surface area contributed by atoms with Crippen LogP contribution in [0.5, 0.6) is 0 Å². The van der Waals surface area contributed by atoms with Gasteiger partial charge in [0.05, 0.1) is 4.90 Å². The second kappa shape index (κ2) is 5.79. The summed E-state index contributed by atoms with van der Waals surface area (Å²) >= 11 is 0. The summed E-state index contributed by atoms with van der Waals surface area (Å²) in [5.41, 5.74) is 7.15. The topological polar surface area (TPSA) is 63.4 Å². The van der Waals surface area contributed by atoms with Crippen molar-refractivity contribution in [3.63, 3.8) is 0 Å². The van der Waals surface area contributed by atoms with E-state index in [-0.39, 0.29) is 23.4 Å². The van der Waals surface area contributed by atoms with Gasteiger partial charge >= 0.3 is 0 Å². The minimum Gasteiger partial charge on any atom is -0.326 e. The largest absolute Gasteiger partial charge is 0.326 e. The van der Waals surface area contributed by atoms with Crippen LogP contribution in [0, 0.1) is 5.82 Å². The molecule has 22 heavy (non-hydrogen) atoms. The van der Waals surface area contributed by atoms with Crippen molar-refractivity contribution in [1.29, 1.82) is 0 Å². The first-order valence-corrected chi connectivity index (χ1v) is 8.49. The number of hydrogen-bond donors (Lipinski definition) is 1. The molecule has 1 fully saturated rings. The maximum Gasteiger partial charge on any atom is 0.243 e. The van der Waals surface area contributed by atoms with E-state index in [1.54, 1.807) is 0 Å². The molecule has 2 aromatic rings. The van der Waals surface area contributed by atoms with Crippen LogP contribution < -0.4 is 5.73 Å². The lowest BCUT2D eigenvalue weighted by molar-refractivity contribution is 0.469. The highest BCUT2D eigenvalue weighted by Crippen LogP contribution is 2.30. The van der Waals surface area contributed by atoms with Gasteiger partial charge in [-0.25, -0.2) is 12.8 Å². The molecular weight excluding hydrogens is 303 g/mol. The molecular formula is C16H17FN2O2S. The average molecular weight is 320 g/mol. The Labute approximate surface area is 129 Å². The van der Waals surface area contributed by atoms with E-state index in [0.29, 0.717) is 6.54 Å². The third-order valence-corrected chi connectivity index (χ3v) is 5.82. The standard InChI is InChI=1S/C16H17FN2O2S/c17-13-7-4-8-14(9-13)22(20,21)19-10-15(16(18)11-19)12-5-2-1-3-6-12/h1-9,15-16H,10-11,18H2/t15-,16+/m0/s1. The SMILES string of the molecule is N[C@@H]1CN(S(=O)(=O)c2cccc(F)c2)C[C@H]1c1ccccc1. The van der Waals surface area contributed by atoms with Crippen LogP contribution in [0.1, 0.15) is 11.5 Å². The Bertz CT molecular complexity index is 765. The fourth-order valence-electron chi connectivity index (χ4n) is 2.82. The highest BCUT2D eigenvalue weighted by atomic mass is 32.2. The Morgan fingerprint density at radius 3 is 2.45 bits per heavy atom. The number of hydrogen-bond acceptors (Lipinski definition) is 3. The first-order chi connectivity index (χ1) is 10.5. The third-order valence-electron chi connectivity index (χ3n) is 3.99. The highest BCUT2D eigenvalue weighted by Gasteiger charge is 2.38. The first-order valence-electron chi connectivity index (χ1n) is 7.05. The van der Waals surface area contributed by atoms with Gasteiger partial charge in [0.2, 0.25) is 10.0 Å². The van der Waals surface area contributed by atoms with Gasteiger partial charge in [-0.3, -0.25) is 0 Å². The molecule has 0 bridgehead atoms. The second-order valence-corrected chi connectivity index (χ2v) is 7.40. The van der Waals surface area contributed by atoms with Crippen LogP contribution in [-0.4, -0.2) is 31.9 Å². The summed E-state index contributed by atoms with van der Waals surface area (Å²) < 4.78 is 39.9. The number of rotatable bonds is 3. The van der Waals surface area contributed by atoms with Gasteiger partial charge in [-0.15, -0.1) is 0 Å². The molecule has 1 saturated heterocycles. The van der Waals surface area contributed by atoms with Crippen LogP contribution in [0.2, 0.25) is 0 Å². The fourth-order valence-corrected chi connectivity index (χ4v) is 4.35. The van der Waals surface area contributed by atoms with Crippen molar-refractivity contribution in [2.45, 2.75) is 16.9 Å². The normalized spacial score (nSPS) is 22.8. The molecule has 116 valence electrons. The van der Waals surface area contributed by atoms with Gasteiger partial charge in [-0.2, -0.15) is 4.31 Å². The molecule has 6 heteroatoms. The maximum atomic E-state index is 13.3. The van der Waals surface area contributed by atoms with Crippen LogP contribution >= 0.6 is 0 Å². The van der Waals surface area contributed by atoms with E-state index >= 15 is 0 Å². The fraction of sp³-hybridized carbons (Fsp3) is 0.250. The lowest BCUT2D eigenvalue weighted by Crippen LogP contribution is -2.32. The second-order valence-electron chi connectivity index (χ2n) is 5.46. The number of nitrogens with two attached hydrogens (primary N) is 1. The lowest BCUT2D eigenvalue weighted by Gasteiger charge is -2.16. The smallest absolute Gasteiger partial charge is 0.243 e. The van der Waals surface area contributed by atoms with Gasteiger partial charge in [0, 0.05) is 25.0 Å². The summed E-state index contributed by atoms with van der Waals surface area (Å²) in [5, 5.41) is 0. The molecule has 0 spiro atoms. The minimum atomic E-state index is -3.72. The summed E-state index contributed by atoms with van der Waals surface area (Å²) in [7, 11) is -3.72. The number of sulfonamides is 1. The van der Waals surface area contributed by atoms with Crippen molar-refractivity contribution in [3.8, 4) is 0 Å². The number of benzene rings is 2. The Kier molecular flexibility index (Phi) is 3.99. The zero-order chi connectivity index (χ0) is 15.7. The highest BCUT2D eigenvalue weighted by molar-refractivity contribution is 7.89. The Balaban J connectivity index is 1.88. The van der Waals surface area contributed by atoms with E-state index in [2.05, 4.69) is 0 Å². The van der Waals surface area contributed by atoms with Crippen molar-refractivity contribution in [3.05, 3.63) is 66.0 Å². The Morgan fingerprint density at radius 2 is 1.77 bits per heavy atom. The summed E-state index contributed by atoms with van der Waals surface area (Å²) in [4.78, 5) is -0.0339. The summed E-state index contributed by atoms with van der Waals surface area (Å²) in [6, 6.07) is 14.4. The van der Waals surface area contributed by atoms with E-state index in [1.807, 2.05) is 30.3 Å². The lowest BCUT2D eigenvalue weighted by atomic mass is 9.95. The third kappa shape index (κ3) is 2.77. The average Bonchev–Trinajstić information content (AvgIpc) is 2.91. The van der Waals surface area contributed by atoms with Gasteiger partial charge in [0.15, 0.2) is 0 Å². The molecule has 0 amide bonds. The molecule has 2 N–H and O–H groups in total. The molecule has 4 nitrogen and oxygen atoms in total. The number of nitrogens with zero attached hydrogens (tertiary/aromatic N) is 1. The van der Waals surface area contributed by atoms with Crippen LogP contribution in [0.4, 0.5) is 4.39 Å². The number of halogens is 1. The van der Waals surface area contributed by atoms with Crippen molar-refractivity contribution in [2.75, 3.05) is 13.1 Å². The molecule has 0 aromatic heterocycles. The zero-order valence-corrected chi connectivity index (χ0v) is 12.7. The molecule has 0 saturated carbocycles. The first kappa shape index (κ1) is 15.1. The maximum absolute atomic E-state index is 13.3. The van der Waals surface area contributed by atoms with Crippen molar-refractivity contribution in [2.24, 2.45) is 5.73 Å². The van der Waals surface area contributed by atoms with Gasteiger partial charge in [0.1, 0.15) is 5.82 Å². The van der Waals surface area contributed by atoms with Crippen molar-refractivity contribution >= 4 is 10.0 Å². The minimum absolute atomic E-state index is 0.0339. The molecule has 2 atom stereocenters. The van der Waals surface area contributed by atoms with Crippen LogP contribution in [0.15, 0.2) is 59.5 Å². The monoisotopic (exact) mass is 320 g/mol. The van der Waals surface area contributed by atoms with Gasteiger partial charge < -0.3 is 5.73 Å². The van der Waals surface area contributed by atoms with Crippen LogP contribution in [0.25, 0.3) is 0 Å². The molecule has 1 aliphatic heterocycles. The Hall–Kier alpha value is -1.76. The van der Waals surface area contributed by atoms with E-state index in [9.17, 15) is 12.8 Å². The van der Waals surface area contributed by atoms with E-state index < -0.39 is 15.8 Å². The quantitative estimate of drug-likeness (QED) is 0.940. The van der Waals surface area contributed by atoms with Gasteiger partial charge in [-0.05, 0) is 23.8 Å². The molecule has 0 unspecified atom stereocenters.